The second-order valence-corrected chi connectivity index (χ2v) is 5.88. The third-order valence-corrected chi connectivity index (χ3v) is 3.22. The van der Waals surface area contributed by atoms with E-state index >= 15 is 0 Å². The Kier molecular flexibility index (Phi) is 3.17. The van der Waals surface area contributed by atoms with E-state index in [9.17, 15) is 8.42 Å². The SMILES string of the molecule is Cc1cccc2nc(CCNS(C)(=O)=O)cn12. The minimum Gasteiger partial charge on any atom is -0.304 e. The van der Waals surface area contributed by atoms with E-state index in [0.29, 0.717) is 13.0 Å². The molecule has 1 N–H and O–H groups in total. The van der Waals surface area contributed by atoms with Crippen molar-refractivity contribution in [2.24, 2.45) is 0 Å². The fourth-order valence-corrected chi connectivity index (χ4v) is 2.16. The maximum Gasteiger partial charge on any atom is 0.208 e. The molecular weight excluding hydrogens is 238 g/mol. The molecule has 0 spiro atoms. The van der Waals surface area contributed by atoms with Crippen LogP contribution in [0, 0.1) is 6.92 Å². The summed E-state index contributed by atoms with van der Waals surface area (Å²) in [5.74, 6) is 0. The maximum absolute atomic E-state index is 10.9. The van der Waals surface area contributed by atoms with Gasteiger partial charge in [0.2, 0.25) is 10.0 Å². The first-order chi connectivity index (χ1) is 7.96. The summed E-state index contributed by atoms with van der Waals surface area (Å²) in [6.07, 6.45) is 3.68. The number of nitrogens with one attached hydrogen (secondary N) is 1. The molecule has 0 atom stereocenters. The highest BCUT2D eigenvalue weighted by Gasteiger charge is 2.04. The molecule has 0 unspecified atom stereocenters. The number of aryl methyl sites for hydroxylation is 1. The van der Waals surface area contributed by atoms with E-state index in [1.807, 2.05) is 35.7 Å². The molecule has 5 nitrogen and oxygen atoms in total. The van der Waals surface area contributed by atoms with Gasteiger partial charge in [-0.15, -0.1) is 0 Å². The number of fused-ring (bicyclic) bond motifs is 1. The molecule has 2 aromatic rings. The predicted octanol–water partition coefficient (Wildman–Crippen LogP) is 0.734. The Morgan fingerprint density at radius 3 is 2.82 bits per heavy atom. The Labute approximate surface area is 101 Å². The van der Waals surface area contributed by atoms with Gasteiger partial charge in [0, 0.05) is 24.9 Å². The molecule has 2 aromatic heterocycles. The lowest BCUT2D eigenvalue weighted by Gasteiger charge is -1.98. The zero-order valence-corrected chi connectivity index (χ0v) is 10.7. The number of imidazole rings is 1. The van der Waals surface area contributed by atoms with Crippen molar-refractivity contribution in [3.05, 3.63) is 35.8 Å². The van der Waals surface area contributed by atoms with Crippen LogP contribution in [0.3, 0.4) is 0 Å². The number of hydrogen-bond acceptors (Lipinski definition) is 3. The molecule has 2 rings (SSSR count). The van der Waals surface area contributed by atoms with Crippen LogP contribution < -0.4 is 4.72 Å². The fourth-order valence-electron chi connectivity index (χ4n) is 1.68. The van der Waals surface area contributed by atoms with E-state index in [4.69, 9.17) is 0 Å². The fraction of sp³-hybridized carbons (Fsp3) is 0.364. The van der Waals surface area contributed by atoms with E-state index in [1.165, 1.54) is 0 Å². The van der Waals surface area contributed by atoms with Crippen LogP contribution in [0.5, 0.6) is 0 Å². The molecule has 0 saturated heterocycles. The molecule has 0 amide bonds. The summed E-state index contributed by atoms with van der Waals surface area (Å²) in [5, 5.41) is 0. The normalized spacial score (nSPS) is 12.1. The number of sulfonamides is 1. The highest BCUT2D eigenvalue weighted by atomic mass is 32.2. The van der Waals surface area contributed by atoms with Crippen LogP contribution in [-0.4, -0.2) is 30.6 Å². The molecular formula is C11H15N3O2S. The minimum atomic E-state index is -3.12. The van der Waals surface area contributed by atoms with Crippen LogP contribution >= 0.6 is 0 Å². The maximum atomic E-state index is 10.9. The summed E-state index contributed by atoms with van der Waals surface area (Å²) in [6, 6.07) is 5.89. The summed E-state index contributed by atoms with van der Waals surface area (Å²) in [7, 11) is -3.12. The van der Waals surface area contributed by atoms with E-state index in [1.54, 1.807) is 0 Å². The van der Waals surface area contributed by atoms with Crippen molar-refractivity contribution in [3.63, 3.8) is 0 Å². The molecule has 0 bridgehead atoms. The third-order valence-electron chi connectivity index (χ3n) is 2.49. The highest BCUT2D eigenvalue weighted by Crippen LogP contribution is 2.08. The number of pyridine rings is 1. The molecule has 17 heavy (non-hydrogen) atoms. The van der Waals surface area contributed by atoms with Crippen molar-refractivity contribution in [3.8, 4) is 0 Å². The van der Waals surface area contributed by atoms with E-state index in [0.717, 1.165) is 23.3 Å². The van der Waals surface area contributed by atoms with Gasteiger partial charge in [0.1, 0.15) is 5.65 Å². The molecule has 0 aliphatic rings. The molecule has 0 aromatic carbocycles. The van der Waals surface area contributed by atoms with Crippen molar-refractivity contribution in [1.82, 2.24) is 14.1 Å². The summed E-state index contributed by atoms with van der Waals surface area (Å²) >= 11 is 0. The second-order valence-electron chi connectivity index (χ2n) is 4.04. The van der Waals surface area contributed by atoms with Gasteiger partial charge in [0.05, 0.1) is 11.9 Å². The quantitative estimate of drug-likeness (QED) is 0.874. The first kappa shape index (κ1) is 12.1. The lowest BCUT2D eigenvalue weighted by Crippen LogP contribution is -2.24. The van der Waals surface area contributed by atoms with Gasteiger partial charge >= 0.3 is 0 Å². The van der Waals surface area contributed by atoms with E-state index < -0.39 is 10.0 Å². The number of nitrogens with zero attached hydrogens (tertiary/aromatic N) is 2. The molecule has 6 heteroatoms. The molecule has 0 radical (unpaired) electrons. The molecule has 2 heterocycles. The van der Waals surface area contributed by atoms with Crippen molar-refractivity contribution >= 4 is 15.7 Å². The Morgan fingerprint density at radius 1 is 1.41 bits per heavy atom. The van der Waals surface area contributed by atoms with Gasteiger partial charge in [-0.2, -0.15) is 0 Å². The Morgan fingerprint density at radius 2 is 2.18 bits per heavy atom. The van der Waals surface area contributed by atoms with Gasteiger partial charge < -0.3 is 4.40 Å². The minimum absolute atomic E-state index is 0.377. The number of hydrogen-bond donors (Lipinski definition) is 1. The molecule has 0 aliphatic carbocycles. The van der Waals surface area contributed by atoms with Gasteiger partial charge in [-0.3, -0.25) is 0 Å². The lowest BCUT2D eigenvalue weighted by molar-refractivity contribution is 0.587. The Hall–Kier alpha value is -1.40. The van der Waals surface area contributed by atoms with Gasteiger partial charge in [-0.05, 0) is 19.1 Å². The summed E-state index contributed by atoms with van der Waals surface area (Å²) < 4.78 is 26.3. The second kappa shape index (κ2) is 4.46. The Bertz CT molecular complexity index is 631. The monoisotopic (exact) mass is 253 g/mol. The number of aromatic nitrogens is 2. The average molecular weight is 253 g/mol. The first-order valence-electron chi connectivity index (χ1n) is 5.34. The molecule has 0 fully saturated rings. The molecule has 0 saturated carbocycles. The van der Waals surface area contributed by atoms with Crippen LogP contribution in [0.25, 0.3) is 5.65 Å². The van der Waals surface area contributed by atoms with Crippen LogP contribution in [0.4, 0.5) is 0 Å². The molecule has 0 aliphatic heterocycles. The standard InChI is InChI=1S/C11H15N3O2S/c1-9-4-3-5-11-13-10(8-14(9)11)6-7-12-17(2,15)16/h3-5,8,12H,6-7H2,1-2H3. The summed E-state index contributed by atoms with van der Waals surface area (Å²) in [5.41, 5.74) is 2.88. The van der Waals surface area contributed by atoms with Crippen LogP contribution in [0.15, 0.2) is 24.4 Å². The van der Waals surface area contributed by atoms with Crippen LogP contribution in [-0.2, 0) is 16.4 Å². The van der Waals surface area contributed by atoms with Gasteiger partial charge in [0.15, 0.2) is 0 Å². The lowest BCUT2D eigenvalue weighted by atomic mass is 10.3. The highest BCUT2D eigenvalue weighted by molar-refractivity contribution is 7.88. The van der Waals surface area contributed by atoms with Crippen molar-refractivity contribution in [2.45, 2.75) is 13.3 Å². The van der Waals surface area contributed by atoms with Gasteiger partial charge in [-0.1, -0.05) is 6.07 Å². The third kappa shape index (κ3) is 3.04. The van der Waals surface area contributed by atoms with Crippen molar-refractivity contribution in [2.75, 3.05) is 12.8 Å². The predicted molar refractivity (Wildman–Crippen MR) is 66.5 cm³/mol. The van der Waals surface area contributed by atoms with Gasteiger partial charge in [0.25, 0.3) is 0 Å². The van der Waals surface area contributed by atoms with Crippen molar-refractivity contribution in [1.29, 1.82) is 0 Å². The summed E-state index contributed by atoms with van der Waals surface area (Å²) in [6.45, 7) is 2.38. The van der Waals surface area contributed by atoms with E-state index in [2.05, 4.69) is 9.71 Å². The first-order valence-corrected chi connectivity index (χ1v) is 7.23. The van der Waals surface area contributed by atoms with E-state index in [-0.39, 0.29) is 0 Å². The topological polar surface area (TPSA) is 63.5 Å². The van der Waals surface area contributed by atoms with Gasteiger partial charge in [-0.25, -0.2) is 18.1 Å². The summed E-state index contributed by atoms with van der Waals surface area (Å²) in [4.78, 5) is 4.42. The zero-order chi connectivity index (χ0) is 12.5. The average Bonchev–Trinajstić information content (AvgIpc) is 2.60. The molecule has 92 valence electrons. The smallest absolute Gasteiger partial charge is 0.208 e. The van der Waals surface area contributed by atoms with Crippen molar-refractivity contribution < 1.29 is 8.42 Å². The van der Waals surface area contributed by atoms with Crippen LogP contribution in [0.2, 0.25) is 0 Å². The Balaban J connectivity index is 2.12. The number of rotatable bonds is 4. The zero-order valence-electron chi connectivity index (χ0n) is 9.84. The van der Waals surface area contributed by atoms with Crippen LogP contribution in [0.1, 0.15) is 11.4 Å². The largest absolute Gasteiger partial charge is 0.304 e.